The van der Waals surface area contributed by atoms with Gasteiger partial charge in [0.25, 0.3) is 11.8 Å². The summed E-state index contributed by atoms with van der Waals surface area (Å²) in [4.78, 5) is 28.4. The lowest BCUT2D eigenvalue weighted by Gasteiger charge is -2.10. The summed E-state index contributed by atoms with van der Waals surface area (Å²) < 4.78 is 5.30. The topological polar surface area (TPSA) is 80.3 Å². The number of para-hydroxylation sites is 1. The molecule has 0 aliphatic rings. The SMILES string of the molecule is COc1ccccc1CCNC(=O)c1cncc(C(=O)NCC(C)C)c1. The molecule has 2 amide bonds. The van der Waals surface area contributed by atoms with Gasteiger partial charge in [-0.2, -0.15) is 0 Å². The number of nitrogens with one attached hydrogen (secondary N) is 2. The predicted octanol–water partition coefficient (Wildman–Crippen LogP) is 2.45. The van der Waals surface area contributed by atoms with Crippen molar-refractivity contribution in [2.24, 2.45) is 5.92 Å². The Morgan fingerprint density at radius 1 is 1.08 bits per heavy atom. The van der Waals surface area contributed by atoms with Crippen LogP contribution in [0.1, 0.15) is 40.1 Å². The molecule has 1 heterocycles. The van der Waals surface area contributed by atoms with E-state index in [1.807, 2.05) is 38.1 Å². The first-order chi connectivity index (χ1) is 12.5. The van der Waals surface area contributed by atoms with Crippen molar-refractivity contribution in [3.63, 3.8) is 0 Å². The zero-order chi connectivity index (χ0) is 18.9. The van der Waals surface area contributed by atoms with Gasteiger partial charge in [-0.1, -0.05) is 32.0 Å². The maximum Gasteiger partial charge on any atom is 0.252 e. The van der Waals surface area contributed by atoms with Crippen LogP contribution in [0, 0.1) is 5.92 Å². The minimum absolute atomic E-state index is 0.227. The van der Waals surface area contributed by atoms with Crippen LogP contribution in [0.15, 0.2) is 42.7 Å². The minimum Gasteiger partial charge on any atom is -0.496 e. The quantitative estimate of drug-likeness (QED) is 0.762. The van der Waals surface area contributed by atoms with E-state index in [0.717, 1.165) is 11.3 Å². The molecule has 138 valence electrons. The second-order valence-corrected chi connectivity index (χ2v) is 6.38. The van der Waals surface area contributed by atoms with E-state index in [4.69, 9.17) is 4.74 Å². The van der Waals surface area contributed by atoms with Gasteiger partial charge < -0.3 is 15.4 Å². The Kier molecular flexibility index (Phi) is 7.14. The maximum atomic E-state index is 12.3. The molecule has 1 aromatic heterocycles. The van der Waals surface area contributed by atoms with Crippen LogP contribution in [0.25, 0.3) is 0 Å². The number of hydrogen-bond acceptors (Lipinski definition) is 4. The summed E-state index contributed by atoms with van der Waals surface area (Å²) in [7, 11) is 1.62. The highest BCUT2D eigenvalue weighted by Crippen LogP contribution is 2.17. The van der Waals surface area contributed by atoms with Crippen LogP contribution in [0.3, 0.4) is 0 Å². The molecule has 0 aliphatic heterocycles. The van der Waals surface area contributed by atoms with Gasteiger partial charge in [-0.3, -0.25) is 14.6 Å². The fourth-order valence-corrected chi connectivity index (χ4v) is 2.41. The molecule has 0 unspecified atom stereocenters. The minimum atomic E-state index is -0.258. The number of pyridine rings is 1. The van der Waals surface area contributed by atoms with E-state index in [-0.39, 0.29) is 11.8 Å². The van der Waals surface area contributed by atoms with Crippen LogP contribution in [0.2, 0.25) is 0 Å². The van der Waals surface area contributed by atoms with Crippen molar-refractivity contribution in [2.75, 3.05) is 20.2 Å². The number of aromatic nitrogens is 1. The standard InChI is InChI=1S/C20H25N3O3/c1-14(2)11-23-20(25)17-10-16(12-21-13-17)19(24)22-9-8-15-6-4-5-7-18(15)26-3/h4-7,10,12-14H,8-9,11H2,1-3H3,(H,22,24)(H,23,25). The lowest BCUT2D eigenvalue weighted by atomic mass is 10.1. The number of hydrogen-bond donors (Lipinski definition) is 2. The van der Waals surface area contributed by atoms with Crippen LogP contribution in [-0.4, -0.2) is 37.0 Å². The summed E-state index contributed by atoms with van der Waals surface area (Å²) in [5.41, 5.74) is 1.76. The number of benzene rings is 1. The molecule has 2 aromatic rings. The zero-order valence-electron chi connectivity index (χ0n) is 15.4. The normalized spacial score (nSPS) is 10.5. The summed E-state index contributed by atoms with van der Waals surface area (Å²) in [5, 5.41) is 5.67. The van der Waals surface area contributed by atoms with Gasteiger partial charge in [0.05, 0.1) is 18.2 Å². The highest BCUT2D eigenvalue weighted by atomic mass is 16.5. The Morgan fingerprint density at radius 2 is 1.73 bits per heavy atom. The molecular weight excluding hydrogens is 330 g/mol. The Morgan fingerprint density at radius 3 is 2.38 bits per heavy atom. The molecule has 0 bridgehead atoms. The van der Waals surface area contributed by atoms with E-state index in [1.165, 1.54) is 12.4 Å². The van der Waals surface area contributed by atoms with Crippen LogP contribution in [-0.2, 0) is 6.42 Å². The number of ether oxygens (including phenoxy) is 1. The first-order valence-corrected chi connectivity index (χ1v) is 8.64. The number of nitrogens with zero attached hydrogens (tertiary/aromatic N) is 1. The molecule has 0 spiro atoms. The summed E-state index contributed by atoms with van der Waals surface area (Å²) in [6.45, 7) is 5.07. The third kappa shape index (κ3) is 5.58. The van der Waals surface area contributed by atoms with Crippen LogP contribution in [0.5, 0.6) is 5.75 Å². The van der Waals surface area contributed by atoms with Crippen molar-refractivity contribution in [1.82, 2.24) is 15.6 Å². The molecule has 0 atom stereocenters. The van der Waals surface area contributed by atoms with Crippen LogP contribution in [0.4, 0.5) is 0 Å². The van der Waals surface area contributed by atoms with Crippen molar-refractivity contribution in [2.45, 2.75) is 20.3 Å². The van der Waals surface area contributed by atoms with Gasteiger partial charge in [0.15, 0.2) is 0 Å². The van der Waals surface area contributed by atoms with E-state index in [2.05, 4.69) is 15.6 Å². The maximum absolute atomic E-state index is 12.3. The van der Waals surface area contributed by atoms with E-state index >= 15 is 0 Å². The van der Waals surface area contributed by atoms with Crippen molar-refractivity contribution in [3.8, 4) is 5.75 Å². The van der Waals surface area contributed by atoms with Crippen LogP contribution < -0.4 is 15.4 Å². The Labute approximate surface area is 154 Å². The van der Waals surface area contributed by atoms with E-state index in [9.17, 15) is 9.59 Å². The van der Waals surface area contributed by atoms with Crippen molar-refractivity contribution >= 4 is 11.8 Å². The van der Waals surface area contributed by atoms with Crippen molar-refractivity contribution in [3.05, 3.63) is 59.4 Å². The summed E-state index contributed by atoms with van der Waals surface area (Å²) >= 11 is 0. The molecule has 26 heavy (non-hydrogen) atoms. The van der Waals surface area contributed by atoms with Gasteiger partial charge in [0.1, 0.15) is 5.75 Å². The van der Waals surface area contributed by atoms with E-state index in [1.54, 1.807) is 13.2 Å². The second kappa shape index (κ2) is 9.56. The molecule has 0 saturated carbocycles. The van der Waals surface area contributed by atoms with E-state index in [0.29, 0.717) is 36.6 Å². The third-order valence-electron chi connectivity index (χ3n) is 3.81. The molecule has 6 nitrogen and oxygen atoms in total. The van der Waals surface area contributed by atoms with Gasteiger partial charge in [-0.05, 0) is 30.0 Å². The summed E-state index contributed by atoms with van der Waals surface area (Å²) in [5.74, 6) is 0.668. The summed E-state index contributed by atoms with van der Waals surface area (Å²) in [6.07, 6.45) is 3.57. The lowest BCUT2D eigenvalue weighted by molar-refractivity contribution is 0.0948. The smallest absolute Gasteiger partial charge is 0.252 e. The van der Waals surface area contributed by atoms with Gasteiger partial charge >= 0.3 is 0 Å². The number of carbonyl (C=O) groups is 2. The fourth-order valence-electron chi connectivity index (χ4n) is 2.41. The molecule has 0 fully saturated rings. The molecule has 1 aromatic carbocycles. The molecule has 2 N–H and O–H groups in total. The lowest BCUT2D eigenvalue weighted by Crippen LogP contribution is -2.29. The molecule has 2 rings (SSSR count). The van der Waals surface area contributed by atoms with Gasteiger partial charge in [-0.15, -0.1) is 0 Å². The van der Waals surface area contributed by atoms with E-state index < -0.39 is 0 Å². The Bertz CT molecular complexity index is 759. The average Bonchev–Trinajstić information content (AvgIpc) is 2.66. The fraction of sp³-hybridized carbons (Fsp3) is 0.350. The molecule has 0 saturated heterocycles. The monoisotopic (exact) mass is 355 g/mol. The number of rotatable bonds is 8. The van der Waals surface area contributed by atoms with Gasteiger partial charge in [0, 0.05) is 25.5 Å². The average molecular weight is 355 g/mol. The van der Waals surface area contributed by atoms with Crippen LogP contribution >= 0.6 is 0 Å². The third-order valence-corrected chi connectivity index (χ3v) is 3.81. The van der Waals surface area contributed by atoms with Crippen molar-refractivity contribution < 1.29 is 14.3 Å². The number of methoxy groups -OCH3 is 1. The number of carbonyl (C=O) groups excluding carboxylic acids is 2. The molecular formula is C20H25N3O3. The highest BCUT2D eigenvalue weighted by molar-refractivity contribution is 5.99. The van der Waals surface area contributed by atoms with Crippen molar-refractivity contribution in [1.29, 1.82) is 0 Å². The summed E-state index contributed by atoms with van der Waals surface area (Å²) in [6, 6.07) is 9.25. The van der Waals surface area contributed by atoms with Gasteiger partial charge in [0.2, 0.25) is 0 Å². The molecule has 6 heteroatoms. The van der Waals surface area contributed by atoms with Gasteiger partial charge in [-0.25, -0.2) is 0 Å². The Balaban J connectivity index is 1.93. The highest BCUT2D eigenvalue weighted by Gasteiger charge is 2.12. The first kappa shape index (κ1) is 19.4. The zero-order valence-corrected chi connectivity index (χ0v) is 15.4. The molecule has 0 radical (unpaired) electrons. The second-order valence-electron chi connectivity index (χ2n) is 6.38. The largest absolute Gasteiger partial charge is 0.496 e. The first-order valence-electron chi connectivity index (χ1n) is 8.64. The number of amides is 2. The molecule has 0 aliphatic carbocycles. The Hall–Kier alpha value is -2.89. The predicted molar refractivity (Wildman–Crippen MR) is 100 cm³/mol.